The molecule has 2 N–H and O–H groups in total. The molecule has 0 unspecified atom stereocenters. The molecule has 0 fully saturated rings. The zero-order chi connectivity index (χ0) is 12.5. The summed E-state index contributed by atoms with van der Waals surface area (Å²) in [5.74, 6) is 0.899. The van der Waals surface area contributed by atoms with Crippen molar-refractivity contribution in [3.8, 4) is 17.4 Å². The lowest BCUT2D eigenvalue weighted by atomic mass is 10.1. The number of nitrogens with one attached hydrogen (secondary N) is 2. The number of ether oxygens (including phenoxy) is 1. The molecule has 6 heteroatoms. The van der Waals surface area contributed by atoms with Gasteiger partial charge in [0.1, 0.15) is 5.69 Å². The van der Waals surface area contributed by atoms with Crippen LogP contribution in [0, 0.1) is 0 Å². The minimum atomic E-state index is -0.362. The van der Waals surface area contributed by atoms with Gasteiger partial charge in [-0.3, -0.25) is 4.98 Å². The fourth-order valence-electron chi connectivity index (χ4n) is 1.84. The molecular formula is C12H10N4O2. The maximum atomic E-state index is 11.0. The van der Waals surface area contributed by atoms with Gasteiger partial charge < -0.3 is 4.74 Å². The van der Waals surface area contributed by atoms with Crippen LogP contribution in [0.5, 0.6) is 5.88 Å². The van der Waals surface area contributed by atoms with Crippen LogP contribution >= 0.6 is 0 Å². The highest BCUT2D eigenvalue weighted by atomic mass is 16.5. The van der Waals surface area contributed by atoms with Crippen LogP contribution in [0.4, 0.5) is 0 Å². The maximum absolute atomic E-state index is 11.0. The largest absolute Gasteiger partial charge is 0.481 e. The Hall–Kier alpha value is -2.63. The number of aromatic amines is 2. The van der Waals surface area contributed by atoms with Gasteiger partial charge in [0.15, 0.2) is 5.82 Å². The standard InChI is InChI=1S/C12H10N4O2/c1-18-11-8-5-3-2-4-7(8)6-9(13-11)10-14-12(17)16-15-10/h2-6H,1H3,(H2,14,15,16,17). The fraction of sp³-hybridized carbons (Fsp3) is 0.0833. The SMILES string of the molecule is COc1nc(-c2n[nH]c(=O)[nH]2)cc2ccccc12. The fourth-order valence-corrected chi connectivity index (χ4v) is 1.84. The van der Waals surface area contributed by atoms with Gasteiger partial charge in [-0.1, -0.05) is 18.2 Å². The summed E-state index contributed by atoms with van der Waals surface area (Å²) in [7, 11) is 1.56. The first-order valence-corrected chi connectivity index (χ1v) is 5.37. The number of nitrogens with zero attached hydrogens (tertiary/aromatic N) is 2. The molecule has 0 aliphatic rings. The van der Waals surface area contributed by atoms with Crippen LogP contribution in [0.15, 0.2) is 35.1 Å². The second-order valence-corrected chi connectivity index (χ2v) is 3.76. The number of H-pyrrole nitrogens is 2. The molecule has 0 bridgehead atoms. The van der Waals surface area contributed by atoms with Crippen molar-refractivity contribution in [3.63, 3.8) is 0 Å². The van der Waals surface area contributed by atoms with E-state index in [4.69, 9.17) is 4.74 Å². The summed E-state index contributed by atoms with van der Waals surface area (Å²) in [6.45, 7) is 0. The van der Waals surface area contributed by atoms with Gasteiger partial charge in [0, 0.05) is 5.39 Å². The molecule has 0 aliphatic heterocycles. The van der Waals surface area contributed by atoms with Crippen molar-refractivity contribution in [2.75, 3.05) is 7.11 Å². The van der Waals surface area contributed by atoms with Crippen LogP contribution in [0.2, 0.25) is 0 Å². The molecule has 0 aliphatic carbocycles. The molecule has 6 nitrogen and oxygen atoms in total. The van der Waals surface area contributed by atoms with E-state index in [1.807, 2.05) is 30.3 Å². The number of hydrogen-bond acceptors (Lipinski definition) is 4. The quantitative estimate of drug-likeness (QED) is 0.709. The van der Waals surface area contributed by atoms with Gasteiger partial charge >= 0.3 is 5.69 Å². The van der Waals surface area contributed by atoms with E-state index in [0.29, 0.717) is 17.4 Å². The van der Waals surface area contributed by atoms with E-state index >= 15 is 0 Å². The zero-order valence-corrected chi connectivity index (χ0v) is 9.60. The summed E-state index contributed by atoms with van der Waals surface area (Å²) in [5, 5.41) is 8.06. The van der Waals surface area contributed by atoms with Gasteiger partial charge in [-0.05, 0) is 17.5 Å². The number of benzene rings is 1. The van der Waals surface area contributed by atoms with Gasteiger partial charge in [0.25, 0.3) is 0 Å². The first kappa shape index (κ1) is 10.5. The lowest BCUT2D eigenvalue weighted by molar-refractivity contribution is 0.404. The van der Waals surface area contributed by atoms with Gasteiger partial charge in [-0.25, -0.2) is 14.9 Å². The van der Waals surface area contributed by atoms with E-state index in [0.717, 1.165) is 10.8 Å². The Morgan fingerprint density at radius 3 is 2.83 bits per heavy atom. The highest BCUT2D eigenvalue weighted by Crippen LogP contribution is 2.26. The van der Waals surface area contributed by atoms with E-state index in [1.165, 1.54) is 0 Å². The Morgan fingerprint density at radius 2 is 2.11 bits per heavy atom. The van der Waals surface area contributed by atoms with Gasteiger partial charge in [-0.2, -0.15) is 5.10 Å². The number of pyridine rings is 1. The van der Waals surface area contributed by atoms with Crippen LogP contribution < -0.4 is 10.4 Å². The van der Waals surface area contributed by atoms with Crippen LogP contribution in [-0.4, -0.2) is 27.3 Å². The maximum Gasteiger partial charge on any atom is 0.340 e. The molecular weight excluding hydrogens is 232 g/mol. The third-order valence-electron chi connectivity index (χ3n) is 2.64. The summed E-state index contributed by atoms with van der Waals surface area (Å²) in [4.78, 5) is 17.9. The third-order valence-corrected chi connectivity index (χ3v) is 2.64. The predicted octanol–water partition coefficient (Wildman–Crippen LogP) is 1.32. The molecule has 3 aromatic rings. The second-order valence-electron chi connectivity index (χ2n) is 3.76. The third kappa shape index (κ3) is 1.64. The van der Waals surface area contributed by atoms with E-state index < -0.39 is 0 Å². The molecule has 90 valence electrons. The summed E-state index contributed by atoms with van der Waals surface area (Å²) in [6, 6.07) is 9.58. The van der Waals surface area contributed by atoms with Gasteiger partial charge in [0.05, 0.1) is 7.11 Å². The molecule has 18 heavy (non-hydrogen) atoms. The number of hydrogen-bond donors (Lipinski definition) is 2. The number of aromatic nitrogens is 4. The van der Waals surface area contributed by atoms with Gasteiger partial charge in [-0.15, -0.1) is 0 Å². The molecule has 2 heterocycles. The minimum absolute atomic E-state index is 0.362. The van der Waals surface area contributed by atoms with Gasteiger partial charge in [0.2, 0.25) is 5.88 Å². The second kappa shape index (κ2) is 3.99. The van der Waals surface area contributed by atoms with Crippen molar-refractivity contribution in [2.45, 2.75) is 0 Å². The molecule has 2 aromatic heterocycles. The lowest BCUT2D eigenvalue weighted by Gasteiger charge is -2.06. The average Bonchev–Trinajstić information content (AvgIpc) is 2.84. The predicted molar refractivity (Wildman–Crippen MR) is 66.5 cm³/mol. The Bertz CT molecular complexity index is 760. The number of rotatable bonds is 2. The lowest BCUT2D eigenvalue weighted by Crippen LogP contribution is -2.00. The van der Waals surface area contributed by atoms with Crippen LogP contribution in [0.3, 0.4) is 0 Å². The van der Waals surface area contributed by atoms with Crippen molar-refractivity contribution >= 4 is 10.8 Å². The average molecular weight is 242 g/mol. The topological polar surface area (TPSA) is 83.7 Å². The van der Waals surface area contributed by atoms with Crippen molar-refractivity contribution in [1.82, 2.24) is 20.2 Å². The molecule has 1 aromatic carbocycles. The van der Waals surface area contributed by atoms with Crippen LogP contribution in [0.1, 0.15) is 0 Å². The molecule has 0 amide bonds. The van der Waals surface area contributed by atoms with Crippen molar-refractivity contribution in [2.24, 2.45) is 0 Å². The zero-order valence-electron chi connectivity index (χ0n) is 9.60. The first-order valence-electron chi connectivity index (χ1n) is 5.37. The minimum Gasteiger partial charge on any atom is -0.481 e. The Kier molecular flexibility index (Phi) is 2.33. The monoisotopic (exact) mass is 242 g/mol. The van der Waals surface area contributed by atoms with Crippen molar-refractivity contribution in [1.29, 1.82) is 0 Å². The van der Waals surface area contributed by atoms with E-state index in [1.54, 1.807) is 7.11 Å². The highest BCUT2D eigenvalue weighted by Gasteiger charge is 2.10. The van der Waals surface area contributed by atoms with Crippen molar-refractivity contribution in [3.05, 3.63) is 40.8 Å². The smallest absolute Gasteiger partial charge is 0.340 e. The number of methoxy groups -OCH3 is 1. The molecule has 0 radical (unpaired) electrons. The molecule has 3 rings (SSSR count). The molecule has 0 saturated heterocycles. The molecule has 0 atom stereocenters. The Balaban J connectivity index is 2.28. The van der Waals surface area contributed by atoms with Crippen LogP contribution in [0.25, 0.3) is 22.3 Å². The normalized spacial score (nSPS) is 10.7. The van der Waals surface area contributed by atoms with E-state index in [2.05, 4.69) is 20.2 Å². The molecule has 0 saturated carbocycles. The van der Waals surface area contributed by atoms with E-state index in [-0.39, 0.29) is 5.69 Å². The Morgan fingerprint density at radius 1 is 1.28 bits per heavy atom. The summed E-state index contributed by atoms with van der Waals surface area (Å²) < 4.78 is 5.26. The molecule has 0 spiro atoms. The highest BCUT2D eigenvalue weighted by molar-refractivity contribution is 5.89. The number of fused-ring (bicyclic) bond motifs is 1. The summed E-state index contributed by atoms with van der Waals surface area (Å²) in [5.41, 5.74) is 0.197. The summed E-state index contributed by atoms with van der Waals surface area (Å²) in [6.07, 6.45) is 0. The summed E-state index contributed by atoms with van der Waals surface area (Å²) >= 11 is 0. The van der Waals surface area contributed by atoms with Crippen molar-refractivity contribution < 1.29 is 4.74 Å². The van der Waals surface area contributed by atoms with Crippen LogP contribution in [-0.2, 0) is 0 Å². The van der Waals surface area contributed by atoms with E-state index in [9.17, 15) is 4.79 Å². The Labute approximate surface area is 102 Å². The first-order chi connectivity index (χ1) is 8.78.